The third-order valence-electron chi connectivity index (χ3n) is 4.36. The average molecular weight is 287 g/mol. The maximum atomic E-state index is 12.0. The van der Waals surface area contributed by atoms with E-state index in [9.17, 15) is 9.59 Å². The second-order valence-corrected chi connectivity index (χ2v) is 5.93. The molecule has 0 spiro atoms. The molecular formula is C16H21N3O2. The van der Waals surface area contributed by atoms with Crippen LogP contribution in [0.2, 0.25) is 0 Å². The molecule has 0 saturated heterocycles. The number of imidazole rings is 1. The summed E-state index contributed by atoms with van der Waals surface area (Å²) in [5.41, 5.74) is 1.96. The number of aromatic nitrogens is 2. The minimum atomic E-state index is -0.167. The molecule has 1 amide bonds. The average Bonchev–Trinajstić information content (AvgIpc) is 3.13. The van der Waals surface area contributed by atoms with Crippen molar-refractivity contribution in [3.8, 4) is 0 Å². The van der Waals surface area contributed by atoms with Crippen LogP contribution in [0.3, 0.4) is 0 Å². The minimum absolute atomic E-state index is 0.00244. The lowest BCUT2D eigenvalue weighted by Crippen LogP contribution is -2.27. The van der Waals surface area contributed by atoms with Crippen molar-refractivity contribution in [2.75, 3.05) is 6.54 Å². The van der Waals surface area contributed by atoms with E-state index in [0.29, 0.717) is 18.7 Å². The number of carbonyl (C=O) groups excluding carboxylic acids is 2. The van der Waals surface area contributed by atoms with Crippen molar-refractivity contribution in [1.29, 1.82) is 0 Å². The lowest BCUT2D eigenvalue weighted by molar-refractivity contribution is -0.122. The molecule has 1 fully saturated rings. The number of nitrogens with one attached hydrogen (secondary N) is 2. The van der Waals surface area contributed by atoms with Gasteiger partial charge in [-0.2, -0.15) is 0 Å². The lowest BCUT2D eigenvalue weighted by atomic mass is 9.97. The number of amides is 1. The maximum absolute atomic E-state index is 12.0. The Morgan fingerprint density at radius 1 is 1.33 bits per heavy atom. The first-order chi connectivity index (χ1) is 10.3. The molecule has 112 valence electrons. The van der Waals surface area contributed by atoms with E-state index >= 15 is 0 Å². The van der Waals surface area contributed by atoms with E-state index in [1.165, 1.54) is 43.8 Å². The second-order valence-electron chi connectivity index (χ2n) is 5.93. The minimum Gasteiger partial charge on any atom is -0.356 e. The Hall–Kier alpha value is -1.91. The highest BCUT2D eigenvalue weighted by Gasteiger charge is 2.48. The summed E-state index contributed by atoms with van der Waals surface area (Å²) in [7, 11) is 0. The normalized spacial score (nSPS) is 24.3. The molecule has 1 aromatic heterocycles. The van der Waals surface area contributed by atoms with Gasteiger partial charge in [0.25, 0.3) is 0 Å². The Kier molecular flexibility index (Phi) is 4.18. The van der Waals surface area contributed by atoms with Crippen LogP contribution in [0.5, 0.6) is 0 Å². The van der Waals surface area contributed by atoms with Gasteiger partial charge in [0.05, 0.1) is 12.5 Å². The highest BCUT2D eigenvalue weighted by Crippen LogP contribution is 2.40. The summed E-state index contributed by atoms with van der Waals surface area (Å²) < 4.78 is 0. The number of hydrogen-bond donors (Lipinski definition) is 2. The molecule has 2 N–H and O–H groups in total. The molecule has 3 rings (SSSR count). The Morgan fingerprint density at radius 3 is 2.95 bits per heavy atom. The topological polar surface area (TPSA) is 74.8 Å². The first-order valence-corrected chi connectivity index (χ1v) is 7.74. The first-order valence-electron chi connectivity index (χ1n) is 7.74. The van der Waals surface area contributed by atoms with Crippen molar-refractivity contribution in [2.45, 2.75) is 38.5 Å². The molecule has 5 nitrogen and oxygen atoms in total. The molecule has 5 heteroatoms. The number of carbonyl (C=O) groups is 2. The summed E-state index contributed by atoms with van der Waals surface area (Å²) in [5, 5.41) is 2.96. The first kappa shape index (κ1) is 14.0. The molecule has 2 aliphatic rings. The highest BCUT2D eigenvalue weighted by molar-refractivity contribution is 6.02. The van der Waals surface area contributed by atoms with E-state index < -0.39 is 0 Å². The van der Waals surface area contributed by atoms with Gasteiger partial charge in [0, 0.05) is 18.4 Å². The number of ketones is 1. The van der Waals surface area contributed by atoms with Gasteiger partial charge in [-0.05, 0) is 38.5 Å². The molecule has 0 unspecified atom stereocenters. The number of nitrogens with zero attached hydrogens (tertiary/aromatic N) is 1. The van der Waals surface area contributed by atoms with Crippen molar-refractivity contribution >= 4 is 11.7 Å². The van der Waals surface area contributed by atoms with Gasteiger partial charge in [-0.1, -0.05) is 11.6 Å². The van der Waals surface area contributed by atoms with E-state index in [2.05, 4.69) is 21.4 Å². The summed E-state index contributed by atoms with van der Waals surface area (Å²) in [6, 6.07) is 0. The largest absolute Gasteiger partial charge is 0.356 e. The SMILES string of the molecule is O=C(NCCC1=CCCCC1)[C@H]1C[C@H]1C(=O)c1cnc[nH]1. The molecule has 1 saturated carbocycles. The van der Waals surface area contributed by atoms with E-state index in [1.54, 1.807) is 0 Å². The predicted octanol–water partition coefficient (Wildman–Crippen LogP) is 2.24. The molecule has 1 aromatic rings. The zero-order valence-electron chi connectivity index (χ0n) is 12.1. The molecule has 1 heterocycles. The van der Waals surface area contributed by atoms with Gasteiger partial charge < -0.3 is 10.3 Å². The molecule has 0 radical (unpaired) electrons. The molecule has 0 aromatic carbocycles. The second kappa shape index (κ2) is 6.24. The van der Waals surface area contributed by atoms with Gasteiger partial charge in [0.1, 0.15) is 5.69 Å². The Balaban J connectivity index is 1.41. The van der Waals surface area contributed by atoms with Crippen molar-refractivity contribution in [3.05, 3.63) is 29.9 Å². The van der Waals surface area contributed by atoms with E-state index in [4.69, 9.17) is 0 Å². The van der Waals surface area contributed by atoms with Crippen LogP contribution in [0, 0.1) is 11.8 Å². The van der Waals surface area contributed by atoms with Crippen LogP contribution in [-0.2, 0) is 4.79 Å². The quantitative estimate of drug-likeness (QED) is 0.622. The summed E-state index contributed by atoms with van der Waals surface area (Å²) in [6.45, 7) is 0.687. The monoisotopic (exact) mass is 287 g/mol. The zero-order chi connectivity index (χ0) is 14.7. The summed E-state index contributed by atoms with van der Waals surface area (Å²) in [5.74, 6) is -0.299. The fourth-order valence-corrected chi connectivity index (χ4v) is 2.97. The van der Waals surface area contributed by atoms with E-state index in [-0.39, 0.29) is 23.5 Å². The van der Waals surface area contributed by atoms with Gasteiger partial charge in [0.15, 0.2) is 5.78 Å². The smallest absolute Gasteiger partial charge is 0.223 e. The van der Waals surface area contributed by atoms with Crippen LogP contribution in [0.15, 0.2) is 24.2 Å². The molecule has 2 atom stereocenters. The van der Waals surface area contributed by atoms with Crippen LogP contribution in [0.4, 0.5) is 0 Å². The third kappa shape index (κ3) is 3.40. The van der Waals surface area contributed by atoms with Crippen molar-refractivity contribution in [2.24, 2.45) is 11.8 Å². The van der Waals surface area contributed by atoms with Gasteiger partial charge in [-0.15, -0.1) is 0 Å². The standard InChI is InChI=1S/C16H21N3O2/c20-15(14-9-17-10-19-14)12-8-13(12)16(21)18-7-6-11-4-2-1-3-5-11/h4,9-10,12-13H,1-3,5-8H2,(H,17,19)(H,18,21)/t12-,13+/m1/s1. The fourth-order valence-electron chi connectivity index (χ4n) is 2.97. The van der Waals surface area contributed by atoms with Gasteiger partial charge >= 0.3 is 0 Å². The van der Waals surface area contributed by atoms with Crippen LogP contribution < -0.4 is 5.32 Å². The fraction of sp³-hybridized carbons (Fsp3) is 0.562. The Morgan fingerprint density at radius 2 is 2.24 bits per heavy atom. The van der Waals surface area contributed by atoms with E-state index in [0.717, 1.165) is 6.42 Å². The van der Waals surface area contributed by atoms with Gasteiger partial charge in [-0.25, -0.2) is 4.98 Å². The predicted molar refractivity (Wildman–Crippen MR) is 78.7 cm³/mol. The summed E-state index contributed by atoms with van der Waals surface area (Å²) in [4.78, 5) is 30.7. The number of rotatable bonds is 6. The maximum Gasteiger partial charge on any atom is 0.223 e. The Bertz CT molecular complexity index is 548. The third-order valence-corrected chi connectivity index (χ3v) is 4.36. The zero-order valence-corrected chi connectivity index (χ0v) is 12.1. The molecule has 2 aliphatic carbocycles. The number of H-pyrrole nitrogens is 1. The van der Waals surface area contributed by atoms with Crippen molar-refractivity contribution in [3.63, 3.8) is 0 Å². The van der Waals surface area contributed by atoms with Crippen LogP contribution >= 0.6 is 0 Å². The number of Topliss-reactive ketones (excluding diaryl/α,β-unsaturated/α-hetero) is 1. The molecular weight excluding hydrogens is 266 g/mol. The molecule has 21 heavy (non-hydrogen) atoms. The number of aromatic amines is 1. The highest BCUT2D eigenvalue weighted by atomic mass is 16.2. The number of hydrogen-bond acceptors (Lipinski definition) is 3. The molecule has 0 aliphatic heterocycles. The summed E-state index contributed by atoms with van der Waals surface area (Å²) >= 11 is 0. The Labute approximate surface area is 124 Å². The van der Waals surface area contributed by atoms with Crippen molar-refractivity contribution in [1.82, 2.24) is 15.3 Å². The van der Waals surface area contributed by atoms with Gasteiger partial charge in [-0.3, -0.25) is 9.59 Å². The van der Waals surface area contributed by atoms with Crippen LogP contribution in [-0.4, -0.2) is 28.2 Å². The van der Waals surface area contributed by atoms with Crippen LogP contribution in [0.1, 0.15) is 49.0 Å². The van der Waals surface area contributed by atoms with Crippen molar-refractivity contribution < 1.29 is 9.59 Å². The summed E-state index contributed by atoms with van der Waals surface area (Å²) in [6.07, 6.45) is 11.8. The number of allylic oxidation sites excluding steroid dienone is 1. The van der Waals surface area contributed by atoms with Gasteiger partial charge in [0.2, 0.25) is 5.91 Å². The molecule has 0 bridgehead atoms. The lowest BCUT2D eigenvalue weighted by Gasteiger charge is -2.12. The van der Waals surface area contributed by atoms with Crippen LogP contribution in [0.25, 0.3) is 0 Å². The van der Waals surface area contributed by atoms with E-state index in [1.807, 2.05) is 0 Å².